The number of aliphatic hydroxyl groups excluding tert-OH is 1. The SMILES string of the molecule is CC1=C[C@H]2CC[C@@H]1C[C@@]2(C#N)CO. The molecule has 0 saturated heterocycles. The van der Waals surface area contributed by atoms with Gasteiger partial charge in [0.1, 0.15) is 0 Å². The molecule has 0 aromatic rings. The predicted molar refractivity (Wildman–Crippen MR) is 49.7 cm³/mol. The fourth-order valence-electron chi connectivity index (χ4n) is 2.78. The molecule has 1 fully saturated rings. The smallest absolute Gasteiger partial charge is 0.0872 e. The molecule has 3 atom stereocenters. The third-order valence-corrected chi connectivity index (χ3v) is 3.76. The zero-order valence-corrected chi connectivity index (χ0v) is 7.95. The third kappa shape index (κ3) is 1.11. The predicted octanol–water partition coefficient (Wildman–Crippen LogP) is 1.86. The summed E-state index contributed by atoms with van der Waals surface area (Å²) in [7, 11) is 0. The normalized spacial score (nSPS) is 42.7. The number of nitriles is 1. The van der Waals surface area contributed by atoms with Crippen molar-refractivity contribution in [2.75, 3.05) is 6.61 Å². The Hall–Kier alpha value is -0.810. The first kappa shape index (κ1) is 8.77. The molecule has 2 heteroatoms. The van der Waals surface area contributed by atoms with Crippen molar-refractivity contribution >= 4 is 0 Å². The van der Waals surface area contributed by atoms with Gasteiger partial charge in [0.15, 0.2) is 0 Å². The molecule has 1 N–H and O–H groups in total. The van der Waals surface area contributed by atoms with Crippen molar-refractivity contribution in [3.05, 3.63) is 11.6 Å². The summed E-state index contributed by atoms with van der Waals surface area (Å²) >= 11 is 0. The maximum Gasteiger partial charge on any atom is 0.0872 e. The Labute approximate surface area is 78.9 Å². The molecule has 70 valence electrons. The van der Waals surface area contributed by atoms with Crippen LogP contribution in [-0.4, -0.2) is 11.7 Å². The lowest BCUT2D eigenvalue weighted by Crippen LogP contribution is -2.42. The van der Waals surface area contributed by atoms with Crippen LogP contribution in [0.25, 0.3) is 0 Å². The van der Waals surface area contributed by atoms with Crippen LogP contribution in [0, 0.1) is 28.6 Å². The van der Waals surface area contributed by atoms with Crippen LogP contribution < -0.4 is 0 Å². The molecule has 0 heterocycles. The molecular formula is C11H15NO. The zero-order valence-electron chi connectivity index (χ0n) is 7.95. The number of hydrogen-bond acceptors (Lipinski definition) is 2. The van der Waals surface area contributed by atoms with Gasteiger partial charge in [-0.2, -0.15) is 5.26 Å². The van der Waals surface area contributed by atoms with Crippen molar-refractivity contribution in [1.29, 1.82) is 5.26 Å². The fraction of sp³-hybridized carbons (Fsp3) is 0.727. The highest BCUT2D eigenvalue weighted by Gasteiger charge is 2.46. The van der Waals surface area contributed by atoms with E-state index in [0.717, 1.165) is 12.8 Å². The van der Waals surface area contributed by atoms with E-state index in [4.69, 9.17) is 5.26 Å². The number of aliphatic hydroxyl groups is 1. The topological polar surface area (TPSA) is 44.0 Å². The minimum absolute atomic E-state index is 0.0223. The number of hydrogen-bond donors (Lipinski definition) is 1. The summed E-state index contributed by atoms with van der Waals surface area (Å²) in [6.07, 6.45) is 5.36. The second-order valence-electron chi connectivity index (χ2n) is 4.42. The van der Waals surface area contributed by atoms with Crippen molar-refractivity contribution in [2.24, 2.45) is 17.3 Å². The molecule has 0 aliphatic heterocycles. The van der Waals surface area contributed by atoms with E-state index in [0.29, 0.717) is 11.8 Å². The van der Waals surface area contributed by atoms with E-state index in [1.54, 1.807) is 0 Å². The standard InChI is InChI=1S/C11H15NO/c1-8-4-10-3-2-9(8)5-11(10,6-12)7-13/h4,9-10,13H,2-3,5,7H2,1H3/t9-,10-,11-/m1/s1. The molecule has 0 spiro atoms. The van der Waals surface area contributed by atoms with Crippen molar-refractivity contribution < 1.29 is 5.11 Å². The molecular weight excluding hydrogens is 162 g/mol. The van der Waals surface area contributed by atoms with Crippen LogP contribution in [0.5, 0.6) is 0 Å². The first-order valence-electron chi connectivity index (χ1n) is 4.92. The van der Waals surface area contributed by atoms with E-state index < -0.39 is 5.41 Å². The average molecular weight is 177 g/mol. The summed E-state index contributed by atoms with van der Waals surface area (Å²) in [6, 6.07) is 2.32. The van der Waals surface area contributed by atoms with Crippen molar-refractivity contribution in [1.82, 2.24) is 0 Å². The van der Waals surface area contributed by atoms with Gasteiger partial charge in [0.25, 0.3) is 0 Å². The Kier molecular flexibility index (Phi) is 1.92. The van der Waals surface area contributed by atoms with Gasteiger partial charge >= 0.3 is 0 Å². The Morgan fingerprint density at radius 2 is 2.46 bits per heavy atom. The van der Waals surface area contributed by atoms with Crippen LogP contribution in [0.4, 0.5) is 0 Å². The molecule has 3 aliphatic rings. The van der Waals surface area contributed by atoms with E-state index >= 15 is 0 Å². The zero-order chi connectivity index (χ0) is 9.47. The minimum atomic E-state index is -0.456. The Morgan fingerprint density at radius 3 is 2.85 bits per heavy atom. The lowest BCUT2D eigenvalue weighted by molar-refractivity contribution is 0.0654. The van der Waals surface area contributed by atoms with Crippen LogP contribution in [-0.2, 0) is 0 Å². The second-order valence-corrected chi connectivity index (χ2v) is 4.42. The summed E-state index contributed by atoms with van der Waals surface area (Å²) < 4.78 is 0. The molecule has 0 unspecified atom stereocenters. The van der Waals surface area contributed by atoms with Gasteiger partial charge < -0.3 is 5.11 Å². The molecule has 0 aromatic carbocycles. The number of fused-ring (bicyclic) bond motifs is 2. The quantitative estimate of drug-likeness (QED) is 0.621. The van der Waals surface area contributed by atoms with Crippen molar-refractivity contribution in [3.63, 3.8) is 0 Å². The van der Waals surface area contributed by atoms with Gasteiger partial charge in [-0.3, -0.25) is 0 Å². The summed E-state index contributed by atoms with van der Waals surface area (Å²) in [5.74, 6) is 0.851. The summed E-state index contributed by atoms with van der Waals surface area (Å²) in [6.45, 7) is 2.17. The number of allylic oxidation sites excluding steroid dienone is 2. The van der Waals surface area contributed by atoms with Gasteiger partial charge in [0, 0.05) is 0 Å². The van der Waals surface area contributed by atoms with Crippen LogP contribution in [0.1, 0.15) is 26.2 Å². The summed E-state index contributed by atoms with van der Waals surface area (Å²) in [5.41, 5.74) is 0.971. The van der Waals surface area contributed by atoms with Crippen LogP contribution >= 0.6 is 0 Å². The molecule has 3 rings (SSSR count). The van der Waals surface area contributed by atoms with Gasteiger partial charge in [0.05, 0.1) is 18.1 Å². The van der Waals surface area contributed by atoms with E-state index in [-0.39, 0.29) is 6.61 Å². The van der Waals surface area contributed by atoms with Crippen molar-refractivity contribution in [2.45, 2.75) is 26.2 Å². The monoisotopic (exact) mass is 177 g/mol. The second kappa shape index (κ2) is 2.85. The summed E-state index contributed by atoms with van der Waals surface area (Å²) in [4.78, 5) is 0. The van der Waals surface area contributed by atoms with E-state index in [2.05, 4.69) is 19.1 Å². The maximum absolute atomic E-state index is 9.30. The molecule has 1 saturated carbocycles. The van der Waals surface area contributed by atoms with Gasteiger partial charge in [0.2, 0.25) is 0 Å². The highest BCUT2D eigenvalue weighted by atomic mass is 16.3. The third-order valence-electron chi connectivity index (χ3n) is 3.76. The average Bonchev–Trinajstić information content (AvgIpc) is 2.19. The van der Waals surface area contributed by atoms with Crippen LogP contribution in [0.3, 0.4) is 0 Å². The van der Waals surface area contributed by atoms with E-state index in [9.17, 15) is 5.11 Å². The highest BCUT2D eigenvalue weighted by molar-refractivity contribution is 5.24. The molecule has 0 aromatic heterocycles. The molecule has 3 aliphatic carbocycles. The lowest BCUT2D eigenvalue weighted by atomic mass is 9.58. The largest absolute Gasteiger partial charge is 0.395 e. The molecule has 2 bridgehead atoms. The fourth-order valence-corrected chi connectivity index (χ4v) is 2.78. The lowest BCUT2D eigenvalue weighted by Gasteiger charge is -2.45. The maximum atomic E-state index is 9.30. The Balaban J connectivity index is 2.35. The van der Waals surface area contributed by atoms with E-state index in [1.807, 2.05) is 0 Å². The van der Waals surface area contributed by atoms with Gasteiger partial charge in [-0.25, -0.2) is 0 Å². The van der Waals surface area contributed by atoms with Crippen LogP contribution in [0.2, 0.25) is 0 Å². The highest BCUT2D eigenvalue weighted by Crippen LogP contribution is 2.50. The van der Waals surface area contributed by atoms with Crippen LogP contribution in [0.15, 0.2) is 11.6 Å². The molecule has 0 radical (unpaired) electrons. The summed E-state index contributed by atoms with van der Waals surface area (Å²) in [5, 5.41) is 18.4. The number of nitrogens with zero attached hydrogens (tertiary/aromatic N) is 1. The first-order chi connectivity index (χ1) is 6.22. The van der Waals surface area contributed by atoms with E-state index in [1.165, 1.54) is 12.0 Å². The van der Waals surface area contributed by atoms with Crippen molar-refractivity contribution in [3.8, 4) is 6.07 Å². The molecule has 2 nitrogen and oxygen atoms in total. The van der Waals surface area contributed by atoms with Gasteiger partial charge in [-0.05, 0) is 38.0 Å². The molecule has 0 amide bonds. The van der Waals surface area contributed by atoms with Gasteiger partial charge in [-0.15, -0.1) is 0 Å². The van der Waals surface area contributed by atoms with Gasteiger partial charge in [-0.1, -0.05) is 11.6 Å². The minimum Gasteiger partial charge on any atom is -0.395 e. The Morgan fingerprint density at radius 1 is 1.69 bits per heavy atom. The first-order valence-corrected chi connectivity index (χ1v) is 4.92. The molecule has 13 heavy (non-hydrogen) atoms. The number of rotatable bonds is 1. The Bertz CT molecular complexity index is 289.